The third-order valence-electron chi connectivity index (χ3n) is 2.70. The average Bonchev–Trinajstić information content (AvgIpc) is 2.41. The molecule has 0 saturated heterocycles. The van der Waals surface area contributed by atoms with Gasteiger partial charge in [-0.2, -0.15) is 5.26 Å². The van der Waals surface area contributed by atoms with Crippen LogP contribution >= 0.6 is 0 Å². The SMILES string of the molecule is C#CCNC1(C#N)CCCCCC1. The minimum Gasteiger partial charge on any atom is -0.288 e. The Morgan fingerprint density at radius 1 is 1.23 bits per heavy atom. The molecule has 0 aromatic heterocycles. The summed E-state index contributed by atoms with van der Waals surface area (Å²) in [7, 11) is 0. The van der Waals surface area contributed by atoms with Gasteiger partial charge in [0.2, 0.25) is 0 Å². The van der Waals surface area contributed by atoms with Crippen molar-refractivity contribution in [1.82, 2.24) is 5.32 Å². The zero-order valence-corrected chi connectivity index (χ0v) is 7.97. The lowest BCUT2D eigenvalue weighted by Gasteiger charge is -2.25. The molecule has 70 valence electrons. The van der Waals surface area contributed by atoms with E-state index in [4.69, 9.17) is 11.7 Å². The minimum absolute atomic E-state index is 0.330. The zero-order valence-electron chi connectivity index (χ0n) is 7.97. The number of nitriles is 1. The molecule has 0 aliphatic heterocycles. The number of hydrogen-bond donors (Lipinski definition) is 1. The van der Waals surface area contributed by atoms with Crippen LogP contribution in [0.3, 0.4) is 0 Å². The Balaban J connectivity index is 2.56. The molecule has 1 aliphatic carbocycles. The van der Waals surface area contributed by atoms with Crippen molar-refractivity contribution >= 4 is 0 Å². The molecule has 1 N–H and O–H groups in total. The topological polar surface area (TPSA) is 35.8 Å². The lowest BCUT2D eigenvalue weighted by molar-refractivity contribution is 0.384. The van der Waals surface area contributed by atoms with Crippen molar-refractivity contribution in [2.45, 2.75) is 44.1 Å². The molecule has 0 atom stereocenters. The Labute approximate surface area is 80.3 Å². The Kier molecular flexibility index (Phi) is 3.80. The minimum atomic E-state index is -0.330. The van der Waals surface area contributed by atoms with Gasteiger partial charge < -0.3 is 0 Å². The lowest BCUT2D eigenvalue weighted by atomic mass is 9.92. The number of rotatable bonds is 2. The van der Waals surface area contributed by atoms with E-state index in [0.29, 0.717) is 6.54 Å². The summed E-state index contributed by atoms with van der Waals surface area (Å²) in [4.78, 5) is 0. The maximum Gasteiger partial charge on any atom is 0.107 e. The van der Waals surface area contributed by atoms with Crippen LogP contribution in [0.5, 0.6) is 0 Å². The molecule has 1 fully saturated rings. The van der Waals surface area contributed by atoms with Gasteiger partial charge in [0, 0.05) is 0 Å². The zero-order chi connectivity index (χ0) is 9.57. The van der Waals surface area contributed by atoms with Gasteiger partial charge in [0.15, 0.2) is 0 Å². The summed E-state index contributed by atoms with van der Waals surface area (Å²) < 4.78 is 0. The molecule has 1 saturated carbocycles. The fraction of sp³-hybridized carbons (Fsp3) is 0.727. The first-order valence-corrected chi connectivity index (χ1v) is 4.93. The fourth-order valence-electron chi connectivity index (χ4n) is 1.88. The summed E-state index contributed by atoms with van der Waals surface area (Å²) in [5.41, 5.74) is -0.330. The van der Waals surface area contributed by atoms with E-state index >= 15 is 0 Å². The summed E-state index contributed by atoms with van der Waals surface area (Å²) in [6.07, 6.45) is 11.9. The predicted octanol–water partition coefficient (Wildman–Crippen LogP) is 1.83. The van der Waals surface area contributed by atoms with E-state index in [1.54, 1.807) is 0 Å². The van der Waals surface area contributed by atoms with Gasteiger partial charge in [0.25, 0.3) is 0 Å². The van der Waals surface area contributed by atoms with E-state index in [9.17, 15) is 0 Å². The number of nitrogens with zero attached hydrogens (tertiary/aromatic N) is 1. The molecule has 0 aromatic carbocycles. The second kappa shape index (κ2) is 4.90. The Morgan fingerprint density at radius 3 is 2.31 bits per heavy atom. The van der Waals surface area contributed by atoms with Crippen LogP contribution in [-0.2, 0) is 0 Å². The second-order valence-corrected chi connectivity index (χ2v) is 3.67. The first kappa shape index (κ1) is 10.1. The Hall–Kier alpha value is -0.990. The van der Waals surface area contributed by atoms with E-state index in [0.717, 1.165) is 25.7 Å². The van der Waals surface area contributed by atoms with Crippen molar-refractivity contribution < 1.29 is 0 Å². The van der Waals surface area contributed by atoms with Gasteiger partial charge in [-0.3, -0.25) is 5.32 Å². The molecule has 0 bridgehead atoms. The number of hydrogen-bond acceptors (Lipinski definition) is 2. The van der Waals surface area contributed by atoms with Gasteiger partial charge in [-0.05, 0) is 12.8 Å². The standard InChI is InChI=1S/C11H16N2/c1-2-9-13-11(10-12)7-5-3-4-6-8-11/h1,13H,3-9H2. The van der Waals surface area contributed by atoms with Crippen LogP contribution < -0.4 is 5.32 Å². The van der Waals surface area contributed by atoms with E-state index in [1.165, 1.54) is 12.8 Å². The van der Waals surface area contributed by atoms with Crippen LogP contribution in [0, 0.1) is 23.7 Å². The van der Waals surface area contributed by atoms with Crippen molar-refractivity contribution in [3.63, 3.8) is 0 Å². The molecule has 0 unspecified atom stereocenters. The summed E-state index contributed by atoms with van der Waals surface area (Å²) in [5, 5.41) is 12.3. The van der Waals surface area contributed by atoms with Crippen molar-refractivity contribution in [2.75, 3.05) is 6.54 Å². The van der Waals surface area contributed by atoms with Crippen LogP contribution in [-0.4, -0.2) is 12.1 Å². The van der Waals surface area contributed by atoms with E-state index in [-0.39, 0.29) is 5.54 Å². The largest absolute Gasteiger partial charge is 0.288 e. The van der Waals surface area contributed by atoms with E-state index in [2.05, 4.69) is 17.3 Å². The molecule has 0 spiro atoms. The second-order valence-electron chi connectivity index (χ2n) is 3.67. The van der Waals surface area contributed by atoms with Crippen LogP contribution in [0.4, 0.5) is 0 Å². The maximum atomic E-state index is 9.11. The molecule has 1 rings (SSSR count). The highest BCUT2D eigenvalue weighted by Gasteiger charge is 2.29. The summed E-state index contributed by atoms with van der Waals surface area (Å²) in [6.45, 7) is 0.508. The highest BCUT2D eigenvalue weighted by Crippen LogP contribution is 2.26. The van der Waals surface area contributed by atoms with Gasteiger partial charge in [-0.15, -0.1) is 6.42 Å². The van der Waals surface area contributed by atoms with Gasteiger partial charge in [0.1, 0.15) is 5.54 Å². The lowest BCUT2D eigenvalue weighted by Crippen LogP contribution is -2.43. The monoisotopic (exact) mass is 176 g/mol. The molecule has 0 amide bonds. The van der Waals surface area contributed by atoms with Crippen molar-refractivity contribution in [1.29, 1.82) is 5.26 Å². The smallest absolute Gasteiger partial charge is 0.107 e. The molecule has 0 heterocycles. The van der Waals surface area contributed by atoms with Crippen molar-refractivity contribution in [3.05, 3.63) is 0 Å². The van der Waals surface area contributed by atoms with Gasteiger partial charge in [-0.1, -0.05) is 31.6 Å². The third-order valence-corrected chi connectivity index (χ3v) is 2.70. The van der Waals surface area contributed by atoms with Gasteiger partial charge >= 0.3 is 0 Å². The molecule has 1 aliphatic rings. The first-order valence-electron chi connectivity index (χ1n) is 4.93. The normalized spacial score (nSPS) is 21.1. The third kappa shape index (κ3) is 2.76. The molecular formula is C11H16N2. The maximum absolute atomic E-state index is 9.11. The van der Waals surface area contributed by atoms with Gasteiger partial charge in [0.05, 0.1) is 12.6 Å². The van der Waals surface area contributed by atoms with Gasteiger partial charge in [-0.25, -0.2) is 0 Å². The average molecular weight is 176 g/mol. The fourth-order valence-corrected chi connectivity index (χ4v) is 1.88. The van der Waals surface area contributed by atoms with Crippen LogP contribution in [0.2, 0.25) is 0 Å². The highest BCUT2D eigenvalue weighted by atomic mass is 15.0. The molecule has 0 aromatic rings. The molecule has 2 heteroatoms. The summed E-state index contributed by atoms with van der Waals surface area (Å²) in [6, 6.07) is 2.39. The van der Waals surface area contributed by atoms with Crippen LogP contribution in [0.1, 0.15) is 38.5 Å². The van der Waals surface area contributed by atoms with Crippen LogP contribution in [0.15, 0.2) is 0 Å². The molecule has 2 nitrogen and oxygen atoms in total. The molecule has 0 radical (unpaired) electrons. The summed E-state index contributed by atoms with van der Waals surface area (Å²) in [5.74, 6) is 2.53. The van der Waals surface area contributed by atoms with Crippen LogP contribution in [0.25, 0.3) is 0 Å². The Morgan fingerprint density at radius 2 is 1.85 bits per heavy atom. The number of nitrogens with one attached hydrogen (secondary N) is 1. The first-order chi connectivity index (χ1) is 6.33. The van der Waals surface area contributed by atoms with Crippen molar-refractivity contribution in [3.8, 4) is 18.4 Å². The predicted molar refractivity (Wildman–Crippen MR) is 52.9 cm³/mol. The van der Waals surface area contributed by atoms with E-state index in [1.807, 2.05) is 0 Å². The highest BCUT2D eigenvalue weighted by molar-refractivity contribution is 5.09. The quantitative estimate of drug-likeness (QED) is 0.514. The number of terminal acetylenes is 1. The Bertz CT molecular complexity index is 223. The molecule has 13 heavy (non-hydrogen) atoms. The molecular weight excluding hydrogens is 160 g/mol. The van der Waals surface area contributed by atoms with E-state index < -0.39 is 0 Å². The van der Waals surface area contributed by atoms with Crippen molar-refractivity contribution in [2.24, 2.45) is 0 Å². The summed E-state index contributed by atoms with van der Waals surface area (Å²) >= 11 is 0.